The van der Waals surface area contributed by atoms with Gasteiger partial charge in [-0.2, -0.15) is 0 Å². The van der Waals surface area contributed by atoms with Crippen LogP contribution in [0.4, 0.5) is 5.69 Å². The SMILES string of the molecule is CCCCNC(CC(=O)Nc1ccccc1CC)C(=O)O. The molecule has 3 N–H and O–H groups in total. The summed E-state index contributed by atoms with van der Waals surface area (Å²) in [5, 5.41) is 14.8. The summed E-state index contributed by atoms with van der Waals surface area (Å²) in [6.45, 7) is 4.65. The Morgan fingerprint density at radius 1 is 1.24 bits per heavy atom. The third-order valence-corrected chi connectivity index (χ3v) is 3.28. The molecule has 1 aromatic carbocycles. The lowest BCUT2D eigenvalue weighted by atomic mass is 10.1. The summed E-state index contributed by atoms with van der Waals surface area (Å²) in [7, 11) is 0. The number of rotatable bonds is 9. The molecule has 21 heavy (non-hydrogen) atoms. The number of hydrogen-bond donors (Lipinski definition) is 3. The summed E-state index contributed by atoms with van der Waals surface area (Å²) in [5.74, 6) is -1.28. The number of para-hydroxylation sites is 1. The van der Waals surface area contributed by atoms with Crippen LogP contribution in [-0.4, -0.2) is 29.6 Å². The number of carbonyl (C=O) groups excluding carboxylic acids is 1. The Bertz CT molecular complexity index is 474. The standard InChI is InChI=1S/C16H24N2O3/c1-3-5-10-17-14(16(20)21)11-15(19)18-13-9-7-6-8-12(13)4-2/h6-9,14,17H,3-5,10-11H2,1-2H3,(H,18,19)(H,20,21). The molecule has 0 aromatic heterocycles. The fraction of sp³-hybridized carbons (Fsp3) is 0.500. The van der Waals surface area contributed by atoms with Crippen molar-refractivity contribution < 1.29 is 14.7 Å². The van der Waals surface area contributed by atoms with Gasteiger partial charge in [0.15, 0.2) is 0 Å². The van der Waals surface area contributed by atoms with Crippen molar-refractivity contribution in [2.75, 3.05) is 11.9 Å². The Morgan fingerprint density at radius 3 is 2.57 bits per heavy atom. The maximum absolute atomic E-state index is 12.0. The van der Waals surface area contributed by atoms with Crippen molar-refractivity contribution in [3.05, 3.63) is 29.8 Å². The molecule has 5 heteroatoms. The number of anilines is 1. The summed E-state index contributed by atoms with van der Waals surface area (Å²) in [6, 6.07) is 6.70. The Labute approximate surface area is 125 Å². The van der Waals surface area contributed by atoms with Crippen molar-refractivity contribution >= 4 is 17.6 Å². The minimum Gasteiger partial charge on any atom is -0.480 e. The summed E-state index contributed by atoms with van der Waals surface area (Å²) in [6.07, 6.45) is 2.62. The fourth-order valence-electron chi connectivity index (χ4n) is 2.04. The number of nitrogens with one attached hydrogen (secondary N) is 2. The van der Waals surface area contributed by atoms with Crippen LogP contribution in [0.1, 0.15) is 38.7 Å². The average molecular weight is 292 g/mol. The van der Waals surface area contributed by atoms with Crippen LogP contribution in [0.25, 0.3) is 0 Å². The monoisotopic (exact) mass is 292 g/mol. The van der Waals surface area contributed by atoms with Crippen molar-refractivity contribution in [1.29, 1.82) is 0 Å². The Morgan fingerprint density at radius 2 is 1.95 bits per heavy atom. The van der Waals surface area contributed by atoms with Crippen molar-refractivity contribution in [2.45, 2.75) is 45.6 Å². The minimum absolute atomic E-state index is 0.0723. The molecule has 0 aliphatic carbocycles. The second-order valence-electron chi connectivity index (χ2n) is 4.96. The first-order chi connectivity index (χ1) is 10.1. The highest BCUT2D eigenvalue weighted by Gasteiger charge is 2.20. The van der Waals surface area contributed by atoms with Crippen molar-refractivity contribution in [1.82, 2.24) is 5.32 Å². The zero-order chi connectivity index (χ0) is 15.7. The number of hydrogen-bond acceptors (Lipinski definition) is 3. The van der Waals surface area contributed by atoms with Gasteiger partial charge in [-0.1, -0.05) is 38.5 Å². The van der Waals surface area contributed by atoms with E-state index in [1.807, 2.05) is 38.1 Å². The van der Waals surface area contributed by atoms with Crippen LogP contribution in [0.5, 0.6) is 0 Å². The highest BCUT2D eigenvalue weighted by Crippen LogP contribution is 2.15. The second-order valence-corrected chi connectivity index (χ2v) is 4.96. The molecule has 0 spiro atoms. The molecule has 116 valence electrons. The molecule has 0 fully saturated rings. The Balaban J connectivity index is 2.59. The van der Waals surface area contributed by atoms with Gasteiger partial charge in [-0.25, -0.2) is 0 Å². The zero-order valence-electron chi connectivity index (χ0n) is 12.7. The number of benzene rings is 1. The van der Waals surface area contributed by atoms with Crippen LogP contribution in [0.3, 0.4) is 0 Å². The first kappa shape index (κ1) is 17.2. The van der Waals surface area contributed by atoms with Crippen molar-refractivity contribution in [2.24, 2.45) is 0 Å². The molecule has 1 atom stereocenters. The average Bonchev–Trinajstić information content (AvgIpc) is 2.46. The van der Waals surface area contributed by atoms with Gasteiger partial charge in [0.1, 0.15) is 6.04 Å². The molecule has 1 unspecified atom stereocenters. The molecular formula is C16H24N2O3. The maximum atomic E-state index is 12.0. The number of carboxylic acids is 1. The molecule has 0 bridgehead atoms. The number of aryl methyl sites for hydroxylation is 1. The lowest BCUT2D eigenvalue weighted by Crippen LogP contribution is -2.40. The maximum Gasteiger partial charge on any atom is 0.321 e. The van der Waals surface area contributed by atoms with Gasteiger partial charge < -0.3 is 15.7 Å². The van der Waals surface area contributed by atoms with E-state index in [4.69, 9.17) is 5.11 Å². The van der Waals surface area contributed by atoms with Crippen LogP contribution in [0.15, 0.2) is 24.3 Å². The van der Waals surface area contributed by atoms with Gasteiger partial charge in [0.05, 0.1) is 6.42 Å². The molecular weight excluding hydrogens is 268 g/mol. The molecule has 0 saturated heterocycles. The number of aliphatic carboxylic acids is 1. The molecule has 0 aliphatic rings. The first-order valence-electron chi connectivity index (χ1n) is 7.42. The Kier molecular flexibility index (Phi) is 7.46. The molecule has 1 rings (SSSR count). The topological polar surface area (TPSA) is 78.4 Å². The van der Waals surface area contributed by atoms with E-state index in [0.717, 1.165) is 30.5 Å². The molecule has 1 aromatic rings. The van der Waals surface area contributed by atoms with E-state index in [1.165, 1.54) is 0 Å². The van der Waals surface area contributed by atoms with Crippen LogP contribution < -0.4 is 10.6 Å². The van der Waals surface area contributed by atoms with Gasteiger partial charge in [-0.15, -0.1) is 0 Å². The number of amides is 1. The third-order valence-electron chi connectivity index (χ3n) is 3.28. The summed E-state index contributed by atoms with van der Waals surface area (Å²) < 4.78 is 0. The zero-order valence-corrected chi connectivity index (χ0v) is 12.7. The van der Waals surface area contributed by atoms with Gasteiger partial charge in [0, 0.05) is 5.69 Å². The van der Waals surface area contributed by atoms with E-state index in [0.29, 0.717) is 6.54 Å². The van der Waals surface area contributed by atoms with Gasteiger partial charge in [-0.3, -0.25) is 9.59 Å². The minimum atomic E-state index is -0.995. The van der Waals surface area contributed by atoms with E-state index < -0.39 is 12.0 Å². The van der Waals surface area contributed by atoms with Crippen LogP contribution in [-0.2, 0) is 16.0 Å². The van der Waals surface area contributed by atoms with E-state index in [1.54, 1.807) is 0 Å². The van der Waals surface area contributed by atoms with Gasteiger partial charge in [0.25, 0.3) is 0 Å². The molecule has 0 aliphatic heterocycles. The third kappa shape index (κ3) is 5.95. The predicted molar refractivity (Wildman–Crippen MR) is 83.4 cm³/mol. The lowest BCUT2D eigenvalue weighted by Gasteiger charge is -2.15. The molecule has 5 nitrogen and oxygen atoms in total. The Hall–Kier alpha value is -1.88. The van der Waals surface area contributed by atoms with E-state index >= 15 is 0 Å². The van der Waals surface area contributed by atoms with Crippen LogP contribution >= 0.6 is 0 Å². The van der Waals surface area contributed by atoms with Crippen LogP contribution in [0.2, 0.25) is 0 Å². The highest BCUT2D eigenvalue weighted by atomic mass is 16.4. The first-order valence-corrected chi connectivity index (χ1v) is 7.42. The summed E-state index contributed by atoms with van der Waals surface area (Å²) in [5.41, 5.74) is 1.79. The molecule has 0 saturated carbocycles. The predicted octanol–water partition coefficient (Wildman–Crippen LogP) is 2.42. The fourth-order valence-corrected chi connectivity index (χ4v) is 2.04. The van der Waals surface area contributed by atoms with Gasteiger partial charge in [-0.05, 0) is 31.0 Å². The largest absolute Gasteiger partial charge is 0.480 e. The van der Waals surface area contributed by atoms with Gasteiger partial charge in [0.2, 0.25) is 5.91 Å². The summed E-state index contributed by atoms with van der Waals surface area (Å²) >= 11 is 0. The van der Waals surface area contributed by atoms with Crippen LogP contribution in [0, 0.1) is 0 Å². The molecule has 0 radical (unpaired) electrons. The van der Waals surface area contributed by atoms with Crippen molar-refractivity contribution in [3.63, 3.8) is 0 Å². The summed E-state index contributed by atoms with van der Waals surface area (Å²) in [4.78, 5) is 23.2. The van der Waals surface area contributed by atoms with Crippen molar-refractivity contribution in [3.8, 4) is 0 Å². The normalized spacial score (nSPS) is 11.9. The number of carboxylic acid groups (broad SMARTS) is 1. The van der Waals surface area contributed by atoms with E-state index in [2.05, 4.69) is 10.6 Å². The molecule has 0 heterocycles. The number of carbonyl (C=O) groups is 2. The smallest absolute Gasteiger partial charge is 0.321 e. The second kappa shape index (κ2) is 9.13. The molecule has 1 amide bonds. The van der Waals surface area contributed by atoms with E-state index in [-0.39, 0.29) is 12.3 Å². The van der Waals surface area contributed by atoms with E-state index in [9.17, 15) is 9.59 Å². The quantitative estimate of drug-likeness (QED) is 0.611. The van der Waals surface area contributed by atoms with Gasteiger partial charge >= 0.3 is 5.97 Å². The lowest BCUT2D eigenvalue weighted by molar-refractivity contribution is -0.141. The highest BCUT2D eigenvalue weighted by molar-refractivity contribution is 5.94. The number of unbranched alkanes of at least 4 members (excludes halogenated alkanes) is 1.